The van der Waals surface area contributed by atoms with Gasteiger partial charge in [0.2, 0.25) is 0 Å². The number of carbonyl (C=O) groups is 1. The zero-order chi connectivity index (χ0) is 13.6. The molecule has 1 atom stereocenters. The van der Waals surface area contributed by atoms with E-state index in [2.05, 4.69) is 31.2 Å². The minimum atomic E-state index is -0.536. The fourth-order valence-corrected chi connectivity index (χ4v) is 4.46. The highest BCUT2D eigenvalue weighted by Gasteiger charge is 2.38. The molecular formula is C12H9BrClN3OS. The van der Waals surface area contributed by atoms with Crippen molar-refractivity contribution in [3.8, 4) is 0 Å². The summed E-state index contributed by atoms with van der Waals surface area (Å²) >= 11 is 11.2. The first kappa shape index (κ1) is 13.0. The maximum absolute atomic E-state index is 12.2. The van der Waals surface area contributed by atoms with Gasteiger partial charge >= 0.3 is 0 Å². The Morgan fingerprint density at radius 1 is 1.58 bits per heavy atom. The summed E-state index contributed by atoms with van der Waals surface area (Å²) in [5.41, 5.74) is 0.750. The Morgan fingerprint density at radius 3 is 3.05 bits per heavy atom. The number of hydrogen-bond acceptors (Lipinski definition) is 4. The molecule has 1 N–H and O–H groups in total. The molecule has 7 heteroatoms. The van der Waals surface area contributed by atoms with Crippen molar-refractivity contribution in [2.75, 3.05) is 0 Å². The van der Waals surface area contributed by atoms with Gasteiger partial charge in [0.15, 0.2) is 0 Å². The summed E-state index contributed by atoms with van der Waals surface area (Å²) in [6.45, 7) is 1.96. The zero-order valence-corrected chi connectivity index (χ0v) is 13.1. The van der Waals surface area contributed by atoms with Crippen molar-refractivity contribution >= 4 is 44.8 Å². The van der Waals surface area contributed by atoms with E-state index in [1.807, 2.05) is 13.0 Å². The Kier molecular flexibility index (Phi) is 3.11. The highest BCUT2D eigenvalue weighted by Crippen LogP contribution is 2.41. The first-order chi connectivity index (χ1) is 8.99. The van der Waals surface area contributed by atoms with Crippen molar-refractivity contribution in [1.29, 1.82) is 0 Å². The fourth-order valence-electron chi connectivity index (χ4n) is 2.24. The van der Waals surface area contributed by atoms with Gasteiger partial charge in [0.25, 0.3) is 5.91 Å². The van der Waals surface area contributed by atoms with Crippen LogP contribution in [0.1, 0.15) is 27.9 Å². The summed E-state index contributed by atoms with van der Waals surface area (Å²) in [5.74, 6) is -0.162. The predicted octanol–water partition coefficient (Wildman–Crippen LogP) is 3.16. The van der Waals surface area contributed by atoms with E-state index in [-0.39, 0.29) is 5.91 Å². The molecule has 19 heavy (non-hydrogen) atoms. The number of hydrogen-bond donors (Lipinski definition) is 1. The third kappa shape index (κ3) is 2.17. The molecule has 98 valence electrons. The van der Waals surface area contributed by atoms with Crippen molar-refractivity contribution in [2.45, 2.75) is 18.9 Å². The smallest absolute Gasteiger partial charge is 0.255 e. The normalized spacial score (nSPS) is 21.9. The third-order valence-corrected chi connectivity index (χ3v) is 5.42. The largest absolute Gasteiger partial charge is 0.341 e. The molecule has 0 aromatic carbocycles. The van der Waals surface area contributed by atoms with Crippen LogP contribution < -0.4 is 5.32 Å². The van der Waals surface area contributed by atoms with Crippen LogP contribution in [0.4, 0.5) is 0 Å². The van der Waals surface area contributed by atoms with E-state index in [9.17, 15) is 4.79 Å². The maximum Gasteiger partial charge on any atom is 0.255 e. The third-order valence-electron chi connectivity index (χ3n) is 3.11. The van der Waals surface area contributed by atoms with Crippen molar-refractivity contribution in [2.24, 2.45) is 0 Å². The van der Waals surface area contributed by atoms with Gasteiger partial charge in [-0.15, -0.1) is 11.3 Å². The number of nitrogens with one attached hydrogen (secondary N) is 1. The number of fused-ring (bicyclic) bond motifs is 1. The van der Waals surface area contributed by atoms with Gasteiger partial charge in [-0.3, -0.25) is 4.79 Å². The summed E-state index contributed by atoms with van der Waals surface area (Å²) in [7, 11) is 0. The molecule has 1 aliphatic rings. The van der Waals surface area contributed by atoms with E-state index in [0.717, 1.165) is 14.4 Å². The molecule has 0 bridgehead atoms. The van der Waals surface area contributed by atoms with E-state index in [0.29, 0.717) is 17.0 Å². The Balaban J connectivity index is 2.09. The van der Waals surface area contributed by atoms with E-state index >= 15 is 0 Å². The average molecular weight is 359 g/mol. The number of halogens is 2. The second kappa shape index (κ2) is 4.54. The first-order valence-corrected chi connectivity index (χ1v) is 7.55. The predicted molar refractivity (Wildman–Crippen MR) is 77.6 cm³/mol. The van der Waals surface area contributed by atoms with Crippen LogP contribution in [0, 0.1) is 0 Å². The molecule has 0 fully saturated rings. The highest BCUT2D eigenvalue weighted by molar-refractivity contribution is 9.11. The summed E-state index contributed by atoms with van der Waals surface area (Å²) in [5, 5.41) is 3.66. The maximum atomic E-state index is 12.2. The standard InChI is InChI=1S/C12H9BrClN3OS/c1-12(10-7(14)2-9(13)19-10)3-8-6(11(18)17-12)4-15-5-16-8/h2,4-5H,3H2,1H3,(H,17,18)/t12-/m0/s1. The van der Waals surface area contributed by atoms with Gasteiger partial charge in [-0.25, -0.2) is 9.97 Å². The van der Waals surface area contributed by atoms with Gasteiger partial charge in [0, 0.05) is 17.5 Å². The van der Waals surface area contributed by atoms with Crippen molar-refractivity contribution < 1.29 is 4.79 Å². The fraction of sp³-hybridized carbons (Fsp3) is 0.250. The van der Waals surface area contributed by atoms with Crippen LogP contribution >= 0.6 is 38.9 Å². The number of nitrogens with zero attached hydrogens (tertiary/aromatic N) is 2. The minimum absolute atomic E-state index is 0.162. The van der Waals surface area contributed by atoms with Crippen LogP contribution in [0.3, 0.4) is 0 Å². The lowest BCUT2D eigenvalue weighted by atomic mass is 9.88. The molecule has 0 radical (unpaired) electrons. The molecule has 0 spiro atoms. The van der Waals surface area contributed by atoms with Gasteiger partial charge in [0.05, 0.1) is 25.6 Å². The summed E-state index contributed by atoms with van der Waals surface area (Å²) in [4.78, 5) is 21.2. The number of carbonyl (C=O) groups excluding carboxylic acids is 1. The van der Waals surface area contributed by atoms with Gasteiger partial charge in [-0.2, -0.15) is 0 Å². The van der Waals surface area contributed by atoms with Crippen LogP contribution in [-0.2, 0) is 12.0 Å². The Labute approximate surface area is 127 Å². The van der Waals surface area contributed by atoms with Crippen molar-refractivity contribution in [3.05, 3.63) is 43.5 Å². The van der Waals surface area contributed by atoms with Crippen LogP contribution in [0.5, 0.6) is 0 Å². The topological polar surface area (TPSA) is 54.9 Å². The van der Waals surface area contributed by atoms with E-state index in [1.165, 1.54) is 17.7 Å². The van der Waals surface area contributed by atoms with E-state index in [4.69, 9.17) is 11.6 Å². The first-order valence-electron chi connectivity index (χ1n) is 5.56. The SMILES string of the molecule is C[C@@]1(c2sc(Br)cc2Cl)Cc2ncncc2C(=O)N1. The van der Waals surface area contributed by atoms with Gasteiger partial charge in [0.1, 0.15) is 6.33 Å². The summed E-state index contributed by atoms with van der Waals surface area (Å²) in [6.07, 6.45) is 3.61. The molecule has 0 saturated carbocycles. The average Bonchev–Trinajstić information content (AvgIpc) is 2.69. The number of rotatable bonds is 1. The molecule has 0 saturated heterocycles. The quantitative estimate of drug-likeness (QED) is 0.852. The van der Waals surface area contributed by atoms with Crippen LogP contribution in [0.25, 0.3) is 0 Å². The summed E-state index contributed by atoms with van der Waals surface area (Å²) in [6, 6.07) is 1.84. The molecule has 2 aromatic heterocycles. The number of aromatic nitrogens is 2. The lowest BCUT2D eigenvalue weighted by molar-refractivity contribution is 0.0886. The van der Waals surface area contributed by atoms with Gasteiger partial charge in [-0.05, 0) is 28.9 Å². The molecule has 1 aliphatic heterocycles. The minimum Gasteiger partial charge on any atom is -0.341 e. The lowest BCUT2D eigenvalue weighted by Crippen LogP contribution is -2.49. The molecule has 4 nitrogen and oxygen atoms in total. The Morgan fingerprint density at radius 2 is 2.37 bits per heavy atom. The molecule has 3 heterocycles. The summed E-state index contributed by atoms with van der Waals surface area (Å²) < 4.78 is 0.941. The molecule has 1 amide bonds. The lowest BCUT2D eigenvalue weighted by Gasteiger charge is -2.34. The molecular weight excluding hydrogens is 350 g/mol. The molecule has 3 rings (SSSR count). The molecule has 2 aromatic rings. The van der Waals surface area contributed by atoms with Crippen molar-refractivity contribution in [1.82, 2.24) is 15.3 Å². The van der Waals surface area contributed by atoms with Gasteiger partial charge in [-0.1, -0.05) is 11.6 Å². The Bertz CT molecular complexity index is 675. The van der Waals surface area contributed by atoms with E-state index in [1.54, 1.807) is 6.20 Å². The molecule has 0 aliphatic carbocycles. The van der Waals surface area contributed by atoms with Crippen LogP contribution in [0.15, 0.2) is 22.4 Å². The molecule has 0 unspecified atom stereocenters. The Hall–Kier alpha value is -0.980. The van der Waals surface area contributed by atoms with E-state index < -0.39 is 5.54 Å². The number of thiophene rings is 1. The second-order valence-corrected chi connectivity index (χ2v) is 7.41. The number of amides is 1. The zero-order valence-electron chi connectivity index (χ0n) is 9.91. The highest BCUT2D eigenvalue weighted by atomic mass is 79.9. The van der Waals surface area contributed by atoms with Crippen LogP contribution in [-0.4, -0.2) is 15.9 Å². The van der Waals surface area contributed by atoms with Crippen molar-refractivity contribution in [3.63, 3.8) is 0 Å². The monoisotopic (exact) mass is 357 g/mol. The van der Waals surface area contributed by atoms with Crippen LogP contribution in [0.2, 0.25) is 5.02 Å². The second-order valence-electron chi connectivity index (χ2n) is 4.57. The van der Waals surface area contributed by atoms with Gasteiger partial charge < -0.3 is 5.32 Å².